The van der Waals surface area contributed by atoms with Crippen LogP contribution in [0.15, 0.2) is 12.7 Å². The minimum Gasteiger partial charge on any atom is -0.353 e. The maximum Gasteiger partial charge on any atom is 0.224 e. The monoisotopic (exact) mass is 267 g/mol. The van der Waals surface area contributed by atoms with Gasteiger partial charge in [0.1, 0.15) is 12.7 Å². The Morgan fingerprint density at radius 1 is 1.42 bits per heavy atom. The molecule has 0 bridgehead atoms. The van der Waals surface area contributed by atoms with E-state index in [0.717, 1.165) is 19.4 Å². The summed E-state index contributed by atoms with van der Waals surface area (Å²) in [7, 11) is 0. The van der Waals surface area contributed by atoms with Gasteiger partial charge in [-0.15, -0.1) is 0 Å². The number of carbonyl (C=O) groups is 1. The summed E-state index contributed by atoms with van der Waals surface area (Å²) >= 11 is 0. The summed E-state index contributed by atoms with van der Waals surface area (Å²) in [5.41, 5.74) is 5.67. The first-order valence-electron chi connectivity index (χ1n) is 6.85. The molecule has 0 aromatic carbocycles. The van der Waals surface area contributed by atoms with Gasteiger partial charge in [0.2, 0.25) is 5.91 Å². The molecule has 3 N–H and O–H groups in total. The van der Waals surface area contributed by atoms with E-state index in [1.54, 1.807) is 11.0 Å². The summed E-state index contributed by atoms with van der Waals surface area (Å²) in [4.78, 5) is 15.9. The van der Waals surface area contributed by atoms with Gasteiger partial charge in [-0.05, 0) is 25.7 Å². The van der Waals surface area contributed by atoms with Gasteiger partial charge in [-0.1, -0.05) is 13.8 Å². The number of amides is 1. The number of nitrogens with two attached hydrogens (primary N) is 1. The second kappa shape index (κ2) is 7.89. The molecule has 0 aliphatic rings. The van der Waals surface area contributed by atoms with Gasteiger partial charge in [-0.2, -0.15) is 5.10 Å². The van der Waals surface area contributed by atoms with Crippen molar-refractivity contribution in [3.05, 3.63) is 12.7 Å². The van der Waals surface area contributed by atoms with E-state index in [-0.39, 0.29) is 17.9 Å². The first-order valence-corrected chi connectivity index (χ1v) is 6.85. The van der Waals surface area contributed by atoms with Crippen molar-refractivity contribution in [3.8, 4) is 0 Å². The van der Waals surface area contributed by atoms with Crippen molar-refractivity contribution >= 4 is 5.91 Å². The van der Waals surface area contributed by atoms with E-state index < -0.39 is 0 Å². The van der Waals surface area contributed by atoms with Gasteiger partial charge < -0.3 is 11.1 Å². The van der Waals surface area contributed by atoms with E-state index in [4.69, 9.17) is 5.73 Å². The molecule has 19 heavy (non-hydrogen) atoms. The molecule has 0 radical (unpaired) electrons. The van der Waals surface area contributed by atoms with Gasteiger partial charge in [-0.25, -0.2) is 4.98 Å². The fourth-order valence-electron chi connectivity index (χ4n) is 1.99. The summed E-state index contributed by atoms with van der Waals surface area (Å²) in [6.07, 6.45) is 4.85. The van der Waals surface area contributed by atoms with Crippen LogP contribution in [-0.4, -0.2) is 33.3 Å². The summed E-state index contributed by atoms with van der Waals surface area (Å²) < 4.78 is 1.76. The molecule has 2 atom stereocenters. The molecule has 1 amide bonds. The molecule has 1 aromatic rings. The van der Waals surface area contributed by atoms with Crippen LogP contribution in [-0.2, 0) is 11.3 Å². The van der Waals surface area contributed by atoms with E-state index in [9.17, 15) is 4.79 Å². The number of nitrogens with zero attached hydrogens (tertiary/aromatic N) is 3. The van der Waals surface area contributed by atoms with Crippen LogP contribution in [0.25, 0.3) is 0 Å². The third kappa shape index (κ3) is 5.83. The van der Waals surface area contributed by atoms with Crippen LogP contribution >= 0.6 is 0 Å². The predicted molar refractivity (Wildman–Crippen MR) is 74.2 cm³/mol. The predicted octanol–water partition coefficient (Wildman–Crippen LogP) is 0.794. The summed E-state index contributed by atoms with van der Waals surface area (Å²) in [6, 6.07) is 0.109. The van der Waals surface area contributed by atoms with Crippen molar-refractivity contribution < 1.29 is 4.79 Å². The first kappa shape index (κ1) is 15.6. The highest BCUT2D eigenvalue weighted by Crippen LogP contribution is 2.11. The summed E-state index contributed by atoms with van der Waals surface area (Å²) in [5.74, 6) is 0.445. The highest BCUT2D eigenvalue weighted by molar-refractivity contribution is 5.79. The number of hydrogen-bond donors (Lipinski definition) is 2. The summed E-state index contributed by atoms with van der Waals surface area (Å²) in [6.45, 7) is 7.35. The molecule has 0 fully saturated rings. The highest BCUT2D eigenvalue weighted by Gasteiger charge is 2.19. The second-order valence-electron chi connectivity index (χ2n) is 5.42. The highest BCUT2D eigenvalue weighted by atomic mass is 16.1. The molecule has 6 nitrogen and oxygen atoms in total. The number of hydrogen-bond acceptors (Lipinski definition) is 4. The third-order valence-electron chi connectivity index (χ3n) is 3.06. The lowest BCUT2D eigenvalue weighted by atomic mass is 9.96. The molecular formula is C13H25N5O. The van der Waals surface area contributed by atoms with Crippen LogP contribution in [0.5, 0.6) is 0 Å². The van der Waals surface area contributed by atoms with Crippen LogP contribution in [0.3, 0.4) is 0 Å². The third-order valence-corrected chi connectivity index (χ3v) is 3.06. The lowest BCUT2D eigenvalue weighted by Gasteiger charge is -2.20. The zero-order valence-corrected chi connectivity index (χ0v) is 12.0. The van der Waals surface area contributed by atoms with Crippen molar-refractivity contribution in [2.24, 2.45) is 17.6 Å². The van der Waals surface area contributed by atoms with Gasteiger partial charge in [0.15, 0.2) is 0 Å². The lowest BCUT2D eigenvalue weighted by molar-refractivity contribution is -0.125. The normalized spacial score (nSPS) is 14.4. The lowest BCUT2D eigenvalue weighted by Crippen LogP contribution is -2.40. The number of aryl methyl sites for hydroxylation is 1. The first-order chi connectivity index (χ1) is 9.02. The quantitative estimate of drug-likeness (QED) is 0.729. The van der Waals surface area contributed by atoms with Gasteiger partial charge in [0.05, 0.1) is 5.92 Å². The van der Waals surface area contributed by atoms with Crippen molar-refractivity contribution in [2.75, 3.05) is 6.54 Å². The zero-order chi connectivity index (χ0) is 14.3. The van der Waals surface area contributed by atoms with E-state index in [1.807, 2.05) is 6.92 Å². The Hall–Kier alpha value is -1.43. The molecule has 1 aromatic heterocycles. The maximum atomic E-state index is 12.1. The van der Waals surface area contributed by atoms with Crippen LogP contribution < -0.4 is 11.1 Å². The second-order valence-corrected chi connectivity index (χ2v) is 5.42. The molecule has 0 saturated heterocycles. The Morgan fingerprint density at radius 3 is 2.68 bits per heavy atom. The molecule has 0 saturated carbocycles. The average Bonchev–Trinajstić information content (AvgIpc) is 2.86. The Bertz CT molecular complexity index is 363. The molecule has 1 heterocycles. The topological polar surface area (TPSA) is 85.8 Å². The van der Waals surface area contributed by atoms with E-state index in [0.29, 0.717) is 12.5 Å². The van der Waals surface area contributed by atoms with Crippen molar-refractivity contribution in [1.29, 1.82) is 0 Å². The number of nitrogens with one attached hydrogen (secondary N) is 1. The Kier molecular flexibility index (Phi) is 6.49. The van der Waals surface area contributed by atoms with Crippen LogP contribution in [0.1, 0.15) is 33.6 Å². The van der Waals surface area contributed by atoms with Crippen LogP contribution in [0.4, 0.5) is 0 Å². The molecule has 6 heteroatoms. The van der Waals surface area contributed by atoms with Gasteiger partial charge in [0, 0.05) is 19.1 Å². The average molecular weight is 267 g/mol. The largest absolute Gasteiger partial charge is 0.353 e. The minimum atomic E-state index is -0.0891. The zero-order valence-electron chi connectivity index (χ0n) is 12.0. The van der Waals surface area contributed by atoms with E-state index >= 15 is 0 Å². The van der Waals surface area contributed by atoms with Gasteiger partial charge in [0.25, 0.3) is 0 Å². The minimum absolute atomic E-state index is 0.0577. The molecule has 0 spiro atoms. The Morgan fingerprint density at radius 2 is 2.16 bits per heavy atom. The molecule has 1 rings (SSSR count). The van der Waals surface area contributed by atoms with Gasteiger partial charge >= 0.3 is 0 Å². The van der Waals surface area contributed by atoms with Crippen molar-refractivity contribution in [3.63, 3.8) is 0 Å². The smallest absolute Gasteiger partial charge is 0.224 e. The fourth-order valence-corrected chi connectivity index (χ4v) is 1.99. The fraction of sp³-hybridized carbons (Fsp3) is 0.769. The Balaban J connectivity index is 2.33. The Labute approximate surface area is 114 Å². The number of carbonyl (C=O) groups excluding carboxylic acids is 1. The molecule has 108 valence electrons. The summed E-state index contributed by atoms with van der Waals surface area (Å²) in [5, 5.41) is 7.05. The van der Waals surface area contributed by atoms with Crippen LogP contribution in [0, 0.1) is 11.8 Å². The van der Waals surface area contributed by atoms with Gasteiger partial charge in [-0.3, -0.25) is 9.48 Å². The molecule has 0 unspecified atom stereocenters. The molecule has 0 aliphatic heterocycles. The standard InChI is InChI=1S/C13H25N5O/c1-10(2)6-12(7-14)13(19)17-11(3)4-5-18-9-15-8-16-18/h8-12H,4-7,14H2,1-3H3,(H,17,19)/t11-,12+/m0/s1. The van der Waals surface area contributed by atoms with Crippen molar-refractivity contribution in [1.82, 2.24) is 20.1 Å². The van der Waals surface area contributed by atoms with E-state index in [2.05, 4.69) is 29.2 Å². The van der Waals surface area contributed by atoms with Crippen LogP contribution in [0.2, 0.25) is 0 Å². The number of aromatic nitrogens is 3. The van der Waals surface area contributed by atoms with E-state index in [1.165, 1.54) is 6.33 Å². The van der Waals surface area contributed by atoms with Crippen molar-refractivity contribution in [2.45, 2.75) is 46.2 Å². The SMILES string of the molecule is CC(C)C[C@H](CN)C(=O)N[C@@H](C)CCn1cncn1. The maximum absolute atomic E-state index is 12.1. The number of rotatable bonds is 8. The molecule has 0 aliphatic carbocycles. The molecular weight excluding hydrogens is 242 g/mol.